The smallest absolute Gasteiger partial charge is 0.408 e. The number of hydrogen-bond acceptors (Lipinski definition) is 4. The van der Waals surface area contributed by atoms with Gasteiger partial charge in [-0.15, -0.1) is 0 Å². The number of amides is 1. The standard InChI is InChI=1S/C19H16F3N5O2/c1-9-6-14(15-13(23-3)7-10(2)29-15)25-17-12(8-24-27(9)17)18(28)26-16(11-4-5-11)19(20,21)22/h6-8,11,16H,4-5H2,1-2H3,(H,26,28). The molecule has 1 saturated carbocycles. The number of halogens is 3. The molecule has 150 valence electrons. The number of rotatable bonds is 4. The quantitative estimate of drug-likeness (QED) is 0.662. The molecular formula is C19H16F3N5O2. The molecule has 1 unspecified atom stereocenters. The summed E-state index contributed by atoms with van der Waals surface area (Å²) in [7, 11) is 0. The fraction of sp³-hybridized carbons (Fsp3) is 0.368. The van der Waals surface area contributed by atoms with E-state index in [1.54, 1.807) is 26.0 Å². The molecule has 3 heterocycles. The zero-order valence-corrected chi connectivity index (χ0v) is 15.5. The van der Waals surface area contributed by atoms with Gasteiger partial charge in [0.05, 0.1) is 24.2 Å². The van der Waals surface area contributed by atoms with Crippen molar-refractivity contribution >= 4 is 17.2 Å². The predicted octanol–water partition coefficient (Wildman–Crippen LogP) is 4.23. The van der Waals surface area contributed by atoms with E-state index in [-0.39, 0.29) is 22.7 Å². The van der Waals surface area contributed by atoms with Gasteiger partial charge in [-0.2, -0.15) is 18.3 Å². The third kappa shape index (κ3) is 3.44. The number of furan rings is 1. The first-order chi connectivity index (χ1) is 13.7. The molecular weight excluding hydrogens is 387 g/mol. The van der Waals surface area contributed by atoms with Crippen LogP contribution < -0.4 is 5.32 Å². The van der Waals surface area contributed by atoms with Crippen molar-refractivity contribution in [3.8, 4) is 11.5 Å². The Balaban J connectivity index is 1.75. The SMILES string of the molecule is [C-]#[N+]c1cc(C)oc1-c1cc(C)n2ncc(C(=O)NC(C3CC3)C(F)(F)F)c2n1. The second-order valence-electron chi connectivity index (χ2n) is 7.09. The Kier molecular flexibility index (Phi) is 4.33. The van der Waals surface area contributed by atoms with E-state index in [1.807, 2.05) is 0 Å². The molecule has 1 fully saturated rings. The van der Waals surface area contributed by atoms with Crippen molar-refractivity contribution < 1.29 is 22.4 Å². The van der Waals surface area contributed by atoms with Crippen molar-refractivity contribution in [3.05, 3.63) is 46.8 Å². The zero-order chi connectivity index (χ0) is 20.9. The zero-order valence-electron chi connectivity index (χ0n) is 15.5. The van der Waals surface area contributed by atoms with Crippen molar-refractivity contribution in [3.63, 3.8) is 0 Å². The molecule has 1 N–H and O–H groups in total. The lowest BCUT2D eigenvalue weighted by atomic mass is 10.1. The summed E-state index contributed by atoms with van der Waals surface area (Å²) in [6, 6.07) is 1.31. The first-order valence-electron chi connectivity index (χ1n) is 8.90. The number of carbonyl (C=O) groups is 1. The second kappa shape index (κ2) is 6.62. The van der Waals surface area contributed by atoms with Crippen molar-refractivity contribution in [1.82, 2.24) is 19.9 Å². The van der Waals surface area contributed by atoms with Crippen LogP contribution in [-0.4, -0.2) is 32.7 Å². The van der Waals surface area contributed by atoms with E-state index >= 15 is 0 Å². The van der Waals surface area contributed by atoms with Crippen molar-refractivity contribution in [2.45, 2.75) is 38.9 Å². The molecule has 1 amide bonds. The Morgan fingerprint density at radius 3 is 2.72 bits per heavy atom. The van der Waals surface area contributed by atoms with Gasteiger partial charge >= 0.3 is 6.18 Å². The molecule has 0 saturated heterocycles. The Bertz CT molecular complexity index is 1150. The third-order valence-corrected chi connectivity index (χ3v) is 4.82. The summed E-state index contributed by atoms with van der Waals surface area (Å²) in [6.07, 6.45) is -2.47. The van der Waals surface area contributed by atoms with Crippen LogP contribution in [0.5, 0.6) is 0 Å². The van der Waals surface area contributed by atoms with Crippen LogP contribution in [-0.2, 0) is 0 Å². The van der Waals surface area contributed by atoms with Crippen LogP contribution in [0.15, 0.2) is 22.7 Å². The van der Waals surface area contributed by atoms with Gasteiger partial charge in [-0.1, -0.05) is 0 Å². The summed E-state index contributed by atoms with van der Waals surface area (Å²) in [5, 5.41) is 6.16. The fourth-order valence-electron chi connectivity index (χ4n) is 3.27. The summed E-state index contributed by atoms with van der Waals surface area (Å²) >= 11 is 0. The van der Waals surface area contributed by atoms with E-state index < -0.39 is 24.0 Å². The first-order valence-corrected chi connectivity index (χ1v) is 8.90. The number of fused-ring (bicyclic) bond motifs is 1. The molecule has 1 atom stereocenters. The Hall–Kier alpha value is -3.35. The number of carbonyl (C=O) groups excluding carboxylic acids is 1. The first kappa shape index (κ1) is 19.0. The lowest BCUT2D eigenvalue weighted by Gasteiger charge is -2.20. The summed E-state index contributed by atoms with van der Waals surface area (Å²) < 4.78 is 46.7. The highest BCUT2D eigenvalue weighted by atomic mass is 19.4. The van der Waals surface area contributed by atoms with Crippen molar-refractivity contribution in [2.24, 2.45) is 5.92 Å². The largest absolute Gasteiger partial charge is 0.472 e. The van der Waals surface area contributed by atoms with Crippen LogP contribution in [0.3, 0.4) is 0 Å². The lowest BCUT2D eigenvalue weighted by Crippen LogP contribution is -2.46. The summed E-state index contributed by atoms with van der Waals surface area (Å²) in [6.45, 7) is 10.7. The maximum absolute atomic E-state index is 13.3. The average Bonchev–Trinajstić information content (AvgIpc) is 3.26. The van der Waals surface area contributed by atoms with Gasteiger partial charge in [-0.05, 0) is 44.7 Å². The topological polar surface area (TPSA) is 76.8 Å². The Labute approximate surface area is 163 Å². The van der Waals surface area contributed by atoms with Gasteiger partial charge in [-0.3, -0.25) is 4.79 Å². The summed E-state index contributed by atoms with van der Waals surface area (Å²) in [5.74, 6) is -0.728. The molecule has 0 bridgehead atoms. The lowest BCUT2D eigenvalue weighted by molar-refractivity contribution is -0.158. The number of nitrogens with one attached hydrogen (secondary N) is 1. The second-order valence-corrected chi connectivity index (χ2v) is 7.09. The molecule has 0 aromatic carbocycles. The van der Waals surface area contributed by atoms with Gasteiger partial charge < -0.3 is 9.73 Å². The van der Waals surface area contributed by atoms with Gasteiger partial charge in [0.2, 0.25) is 5.69 Å². The molecule has 4 rings (SSSR count). The van der Waals surface area contributed by atoms with Gasteiger partial charge in [0.25, 0.3) is 5.91 Å². The predicted molar refractivity (Wildman–Crippen MR) is 96.5 cm³/mol. The summed E-state index contributed by atoms with van der Waals surface area (Å²) in [4.78, 5) is 20.4. The van der Waals surface area contributed by atoms with E-state index in [1.165, 1.54) is 10.7 Å². The Morgan fingerprint density at radius 1 is 1.38 bits per heavy atom. The van der Waals surface area contributed by atoms with Gasteiger partial charge in [-0.25, -0.2) is 14.3 Å². The molecule has 29 heavy (non-hydrogen) atoms. The average molecular weight is 403 g/mol. The molecule has 1 aliphatic rings. The minimum absolute atomic E-state index is 0.0718. The number of alkyl halides is 3. The van der Waals surface area contributed by atoms with E-state index in [4.69, 9.17) is 11.0 Å². The van der Waals surface area contributed by atoms with Crippen LogP contribution in [0.2, 0.25) is 0 Å². The molecule has 0 aliphatic heterocycles. The summed E-state index contributed by atoms with van der Waals surface area (Å²) in [5.41, 5.74) is 1.17. The maximum Gasteiger partial charge on any atom is 0.408 e. The minimum Gasteiger partial charge on any atom is -0.472 e. The highest BCUT2D eigenvalue weighted by Crippen LogP contribution is 2.40. The van der Waals surface area contributed by atoms with Crippen molar-refractivity contribution in [2.75, 3.05) is 0 Å². The van der Waals surface area contributed by atoms with Gasteiger partial charge in [0.15, 0.2) is 11.4 Å². The molecule has 0 radical (unpaired) electrons. The third-order valence-electron chi connectivity index (χ3n) is 4.82. The molecule has 3 aromatic heterocycles. The van der Waals surface area contributed by atoms with Crippen LogP contribution in [0.25, 0.3) is 21.9 Å². The molecule has 3 aromatic rings. The maximum atomic E-state index is 13.3. The van der Waals surface area contributed by atoms with E-state index in [0.717, 1.165) is 0 Å². The van der Waals surface area contributed by atoms with Crippen LogP contribution >= 0.6 is 0 Å². The van der Waals surface area contributed by atoms with Crippen LogP contribution in [0.1, 0.15) is 34.7 Å². The molecule has 1 aliphatic carbocycles. The number of nitrogens with zero attached hydrogens (tertiary/aromatic N) is 4. The minimum atomic E-state index is -4.52. The van der Waals surface area contributed by atoms with E-state index in [9.17, 15) is 18.0 Å². The highest BCUT2D eigenvalue weighted by Gasteiger charge is 2.49. The van der Waals surface area contributed by atoms with E-state index in [0.29, 0.717) is 30.0 Å². The van der Waals surface area contributed by atoms with Gasteiger partial charge in [0, 0.05) is 5.69 Å². The van der Waals surface area contributed by atoms with Crippen LogP contribution in [0.4, 0.5) is 18.9 Å². The number of hydrogen-bond donors (Lipinski definition) is 1. The normalized spacial score (nSPS) is 15.3. The Morgan fingerprint density at radius 2 is 2.10 bits per heavy atom. The fourth-order valence-corrected chi connectivity index (χ4v) is 3.27. The monoisotopic (exact) mass is 403 g/mol. The van der Waals surface area contributed by atoms with Crippen LogP contribution in [0, 0.1) is 26.3 Å². The molecule has 10 heteroatoms. The van der Waals surface area contributed by atoms with Gasteiger partial charge in [0.1, 0.15) is 11.6 Å². The van der Waals surface area contributed by atoms with Crippen molar-refractivity contribution in [1.29, 1.82) is 0 Å². The van der Waals surface area contributed by atoms with E-state index in [2.05, 4.69) is 20.2 Å². The molecule has 7 nitrogen and oxygen atoms in total. The molecule has 0 spiro atoms. The number of aryl methyl sites for hydroxylation is 2. The number of aromatic nitrogens is 3. The highest BCUT2D eigenvalue weighted by molar-refractivity contribution is 6.00.